The summed E-state index contributed by atoms with van der Waals surface area (Å²) in [5, 5.41) is 10.8. The fourth-order valence-electron chi connectivity index (χ4n) is 2.91. The van der Waals surface area contributed by atoms with Gasteiger partial charge in [-0.2, -0.15) is 0 Å². The Hall–Kier alpha value is -3.78. The number of nitro benzene ring substituents is 1. The summed E-state index contributed by atoms with van der Waals surface area (Å²) in [6, 6.07) is 20.7. The van der Waals surface area contributed by atoms with Crippen LogP contribution in [0.3, 0.4) is 0 Å². The van der Waals surface area contributed by atoms with Gasteiger partial charge in [0.2, 0.25) is 5.90 Å². The molecular weight excluding hydrogens is 464 g/mol. The fraction of sp³-hybridized carbons (Fsp3) is 0.0435. The lowest BCUT2D eigenvalue weighted by molar-refractivity contribution is -0.384. The molecule has 0 saturated carbocycles. The quantitative estimate of drug-likeness (QED) is 0.208. The highest BCUT2D eigenvalue weighted by atomic mass is 79.9. The van der Waals surface area contributed by atoms with Crippen molar-refractivity contribution in [2.45, 2.75) is 6.61 Å². The third-order valence-electron chi connectivity index (χ3n) is 4.48. The molecule has 0 bridgehead atoms. The molecule has 154 valence electrons. The predicted octanol–water partition coefficient (Wildman–Crippen LogP) is 5.28. The SMILES string of the molecule is O=C1OC(c2ccccc2Br)=N/C1=C\c1ccccc1OCc1ccc([N+](=O)[O-])cc1. The van der Waals surface area contributed by atoms with Crippen LogP contribution >= 0.6 is 15.9 Å². The molecule has 0 fully saturated rings. The molecule has 0 N–H and O–H groups in total. The van der Waals surface area contributed by atoms with Crippen molar-refractivity contribution in [1.82, 2.24) is 0 Å². The average Bonchev–Trinajstić information content (AvgIpc) is 3.13. The van der Waals surface area contributed by atoms with E-state index in [1.54, 1.807) is 36.4 Å². The average molecular weight is 479 g/mol. The van der Waals surface area contributed by atoms with Crippen molar-refractivity contribution >= 4 is 39.6 Å². The molecule has 0 unspecified atom stereocenters. The molecule has 31 heavy (non-hydrogen) atoms. The number of benzene rings is 3. The molecule has 0 spiro atoms. The van der Waals surface area contributed by atoms with E-state index in [1.807, 2.05) is 30.3 Å². The summed E-state index contributed by atoms with van der Waals surface area (Å²) in [6.45, 7) is 0.216. The summed E-state index contributed by atoms with van der Waals surface area (Å²) < 4.78 is 12.0. The van der Waals surface area contributed by atoms with Crippen LogP contribution in [0.5, 0.6) is 5.75 Å². The van der Waals surface area contributed by atoms with Gasteiger partial charge in [0.15, 0.2) is 5.70 Å². The highest BCUT2D eigenvalue weighted by Crippen LogP contribution is 2.27. The number of esters is 1. The Labute approximate surface area is 185 Å². The molecule has 0 atom stereocenters. The zero-order valence-electron chi connectivity index (χ0n) is 16.0. The standard InChI is InChI=1S/C23H15BrN2O5/c24-19-7-3-2-6-18(19)22-25-20(23(27)31-22)13-16-5-1-4-8-21(16)30-14-15-9-11-17(12-10-15)26(28)29/h1-13H,14H2/b20-13-. The summed E-state index contributed by atoms with van der Waals surface area (Å²) >= 11 is 3.43. The van der Waals surface area contributed by atoms with E-state index in [0.717, 1.165) is 10.0 Å². The lowest BCUT2D eigenvalue weighted by atomic mass is 10.1. The first-order valence-corrected chi connectivity index (χ1v) is 10.0. The first-order chi connectivity index (χ1) is 15.0. The third-order valence-corrected chi connectivity index (χ3v) is 5.17. The van der Waals surface area contributed by atoms with Gasteiger partial charge in [0.1, 0.15) is 12.4 Å². The Balaban J connectivity index is 1.55. The molecule has 0 radical (unpaired) electrons. The second-order valence-electron chi connectivity index (χ2n) is 6.57. The van der Waals surface area contributed by atoms with Crippen LogP contribution in [0.1, 0.15) is 16.7 Å². The van der Waals surface area contributed by atoms with Crippen LogP contribution in [0.25, 0.3) is 6.08 Å². The maximum absolute atomic E-state index is 12.3. The molecule has 1 heterocycles. The van der Waals surface area contributed by atoms with Crippen LogP contribution in [-0.4, -0.2) is 16.8 Å². The van der Waals surface area contributed by atoms with E-state index in [4.69, 9.17) is 9.47 Å². The minimum Gasteiger partial charge on any atom is -0.488 e. The lowest BCUT2D eigenvalue weighted by Gasteiger charge is -2.09. The first-order valence-electron chi connectivity index (χ1n) is 9.24. The van der Waals surface area contributed by atoms with Crippen molar-refractivity contribution in [3.63, 3.8) is 0 Å². The van der Waals surface area contributed by atoms with Crippen molar-refractivity contribution in [2.75, 3.05) is 0 Å². The number of rotatable bonds is 6. The van der Waals surface area contributed by atoms with E-state index in [2.05, 4.69) is 20.9 Å². The number of aliphatic imine (C=N–C) groups is 1. The van der Waals surface area contributed by atoms with E-state index in [9.17, 15) is 14.9 Å². The summed E-state index contributed by atoms with van der Waals surface area (Å²) in [7, 11) is 0. The van der Waals surface area contributed by atoms with Gasteiger partial charge in [-0.15, -0.1) is 0 Å². The summed E-state index contributed by atoms with van der Waals surface area (Å²) in [5.41, 5.74) is 2.31. The minimum absolute atomic E-state index is 0.0207. The number of hydrogen-bond donors (Lipinski definition) is 0. The Kier molecular flexibility index (Phi) is 5.90. The van der Waals surface area contributed by atoms with Crippen LogP contribution in [0.15, 0.2) is 88.0 Å². The second-order valence-corrected chi connectivity index (χ2v) is 7.42. The Morgan fingerprint density at radius 1 is 1.03 bits per heavy atom. The Morgan fingerprint density at radius 3 is 2.48 bits per heavy atom. The smallest absolute Gasteiger partial charge is 0.363 e. The number of para-hydroxylation sites is 1. The Bertz CT molecular complexity index is 1220. The van der Waals surface area contributed by atoms with Crippen molar-refractivity contribution < 1.29 is 19.2 Å². The zero-order chi connectivity index (χ0) is 21.8. The number of halogens is 1. The van der Waals surface area contributed by atoms with E-state index >= 15 is 0 Å². The number of nitro groups is 1. The van der Waals surface area contributed by atoms with Gasteiger partial charge in [-0.1, -0.05) is 30.3 Å². The van der Waals surface area contributed by atoms with E-state index < -0.39 is 10.9 Å². The van der Waals surface area contributed by atoms with Gasteiger partial charge < -0.3 is 9.47 Å². The van der Waals surface area contributed by atoms with Gasteiger partial charge in [-0.3, -0.25) is 10.1 Å². The van der Waals surface area contributed by atoms with Crippen molar-refractivity contribution in [1.29, 1.82) is 0 Å². The molecule has 1 aliphatic heterocycles. The lowest BCUT2D eigenvalue weighted by Crippen LogP contribution is -2.06. The van der Waals surface area contributed by atoms with E-state index in [0.29, 0.717) is 16.9 Å². The molecule has 4 rings (SSSR count). The van der Waals surface area contributed by atoms with Gasteiger partial charge in [-0.25, -0.2) is 9.79 Å². The maximum atomic E-state index is 12.3. The molecule has 8 heteroatoms. The summed E-state index contributed by atoms with van der Waals surface area (Å²) in [4.78, 5) is 27.0. The molecule has 1 aliphatic rings. The first kappa shape index (κ1) is 20.5. The monoisotopic (exact) mass is 478 g/mol. The minimum atomic E-state index is -0.545. The van der Waals surface area contributed by atoms with Crippen molar-refractivity contribution in [2.24, 2.45) is 4.99 Å². The summed E-state index contributed by atoms with van der Waals surface area (Å²) in [6.07, 6.45) is 1.61. The van der Waals surface area contributed by atoms with E-state index in [-0.39, 0.29) is 23.9 Å². The Morgan fingerprint density at radius 2 is 1.74 bits per heavy atom. The molecule has 0 amide bonds. The number of nitrogens with zero attached hydrogens (tertiary/aromatic N) is 2. The molecule has 0 aliphatic carbocycles. The van der Waals surface area contributed by atoms with Gasteiger partial charge in [0.05, 0.1) is 10.5 Å². The number of cyclic esters (lactones) is 1. The molecule has 7 nitrogen and oxygen atoms in total. The van der Waals surface area contributed by atoms with E-state index in [1.165, 1.54) is 12.1 Å². The largest absolute Gasteiger partial charge is 0.488 e. The summed E-state index contributed by atoms with van der Waals surface area (Å²) in [5.74, 6) is 0.231. The normalized spacial score (nSPS) is 14.3. The van der Waals surface area contributed by atoms with Crippen LogP contribution in [0.4, 0.5) is 5.69 Å². The van der Waals surface area contributed by atoms with Crippen LogP contribution < -0.4 is 4.74 Å². The van der Waals surface area contributed by atoms with Gasteiger partial charge in [-0.05, 0) is 57.9 Å². The van der Waals surface area contributed by atoms with Crippen LogP contribution in [-0.2, 0) is 16.1 Å². The molecule has 0 saturated heterocycles. The second kappa shape index (κ2) is 8.93. The van der Waals surface area contributed by atoms with Crippen LogP contribution in [0, 0.1) is 10.1 Å². The van der Waals surface area contributed by atoms with Gasteiger partial charge in [0.25, 0.3) is 5.69 Å². The number of ether oxygens (including phenoxy) is 2. The number of carbonyl (C=O) groups is 1. The predicted molar refractivity (Wildman–Crippen MR) is 119 cm³/mol. The van der Waals surface area contributed by atoms with Crippen LogP contribution in [0.2, 0.25) is 0 Å². The number of hydrogen-bond acceptors (Lipinski definition) is 6. The molecular formula is C23H15BrN2O5. The molecule has 3 aromatic carbocycles. The highest BCUT2D eigenvalue weighted by Gasteiger charge is 2.25. The highest BCUT2D eigenvalue weighted by molar-refractivity contribution is 9.10. The zero-order valence-corrected chi connectivity index (χ0v) is 17.6. The van der Waals surface area contributed by atoms with Gasteiger partial charge in [0, 0.05) is 22.2 Å². The maximum Gasteiger partial charge on any atom is 0.363 e. The van der Waals surface area contributed by atoms with Gasteiger partial charge >= 0.3 is 5.97 Å². The molecule has 3 aromatic rings. The van der Waals surface area contributed by atoms with Crippen molar-refractivity contribution in [3.8, 4) is 5.75 Å². The third kappa shape index (κ3) is 4.70. The van der Waals surface area contributed by atoms with Crippen molar-refractivity contribution in [3.05, 3.63) is 110 Å². The number of non-ortho nitro benzene ring substituents is 1. The topological polar surface area (TPSA) is 91.0 Å². The fourth-order valence-corrected chi connectivity index (χ4v) is 3.37. The molecule has 0 aromatic heterocycles. The number of carbonyl (C=O) groups excluding carboxylic acids is 1.